The summed E-state index contributed by atoms with van der Waals surface area (Å²) < 4.78 is 0. The van der Waals surface area contributed by atoms with E-state index in [1.54, 1.807) is 6.07 Å². The molecule has 1 amide bonds. The Morgan fingerprint density at radius 2 is 2.24 bits per heavy atom. The number of phenols is 1. The number of anilines is 1. The molecule has 1 atom stereocenters. The van der Waals surface area contributed by atoms with Gasteiger partial charge in [-0.25, -0.2) is 0 Å². The predicted molar refractivity (Wildman–Crippen MR) is 65.8 cm³/mol. The van der Waals surface area contributed by atoms with Crippen LogP contribution >= 0.6 is 0 Å². The quantitative estimate of drug-likeness (QED) is 0.452. The van der Waals surface area contributed by atoms with Gasteiger partial charge in [0.25, 0.3) is 5.91 Å². The van der Waals surface area contributed by atoms with Crippen LogP contribution in [-0.4, -0.2) is 28.8 Å². The van der Waals surface area contributed by atoms with E-state index in [1.165, 1.54) is 12.1 Å². The van der Waals surface area contributed by atoms with Crippen molar-refractivity contribution in [1.82, 2.24) is 5.32 Å². The van der Waals surface area contributed by atoms with Crippen molar-refractivity contribution in [2.45, 2.75) is 25.9 Å². The molecule has 0 bridgehead atoms. The first-order chi connectivity index (χ1) is 8.06. The molecule has 1 rings (SSSR count). The van der Waals surface area contributed by atoms with Gasteiger partial charge < -0.3 is 21.3 Å². The Balaban J connectivity index is 2.61. The van der Waals surface area contributed by atoms with E-state index >= 15 is 0 Å². The molecule has 17 heavy (non-hydrogen) atoms. The summed E-state index contributed by atoms with van der Waals surface area (Å²) in [6.45, 7) is 2.12. The van der Waals surface area contributed by atoms with Crippen molar-refractivity contribution in [3.63, 3.8) is 0 Å². The molecule has 0 aliphatic heterocycles. The number of carbonyl (C=O) groups excluding carboxylic acids is 1. The zero-order valence-electron chi connectivity index (χ0n) is 9.81. The normalized spacial score (nSPS) is 12.1. The van der Waals surface area contributed by atoms with Crippen LogP contribution in [0.15, 0.2) is 18.2 Å². The molecule has 5 nitrogen and oxygen atoms in total. The summed E-state index contributed by atoms with van der Waals surface area (Å²) in [5.74, 6) is -0.667. The molecule has 0 aromatic heterocycles. The van der Waals surface area contributed by atoms with Gasteiger partial charge in [0.05, 0.1) is 17.4 Å². The highest BCUT2D eigenvalue weighted by molar-refractivity contribution is 5.98. The van der Waals surface area contributed by atoms with Gasteiger partial charge in [-0.05, 0) is 18.6 Å². The third kappa shape index (κ3) is 3.64. The first kappa shape index (κ1) is 13.3. The Morgan fingerprint density at radius 1 is 1.53 bits per heavy atom. The zero-order chi connectivity index (χ0) is 12.8. The molecule has 0 saturated carbocycles. The summed E-state index contributed by atoms with van der Waals surface area (Å²) in [5, 5.41) is 21.6. The van der Waals surface area contributed by atoms with Gasteiger partial charge in [0, 0.05) is 6.54 Å². The number of hydrogen-bond acceptors (Lipinski definition) is 4. The van der Waals surface area contributed by atoms with Gasteiger partial charge in [0.1, 0.15) is 0 Å². The molecule has 0 aliphatic carbocycles. The number of para-hydroxylation sites is 1. The van der Waals surface area contributed by atoms with E-state index in [4.69, 9.17) is 5.73 Å². The lowest BCUT2D eigenvalue weighted by atomic mass is 10.1. The molecule has 0 fully saturated rings. The van der Waals surface area contributed by atoms with Crippen molar-refractivity contribution in [3.8, 4) is 5.75 Å². The van der Waals surface area contributed by atoms with E-state index in [2.05, 4.69) is 5.32 Å². The predicted octanol–water partition coefficient (Wildman–Crippen LogP) is 0.865. The number of aromatic hydroxyl groups is 1. The average Bonchev–Trinajstić information content (AvgIpc) is 2.30. The second kappa shape index (κ2) is 6.10. The highest BCUT2D eigenvalue weighted by atomic mass is 16.3. The van der Waals surface area contributed by atoms with Crippen molar-refractivity contribution in [2.75, 3.05) is 12.3 Å². The number of carbonyl (C=O) groups is 1. The maximum atomic E-state index is 11.7. The summed E-state index contributed by atoms with van der Waals surface area (Å²) in [7, 11) is 0. The van der Waals surface area contributed by atoms with E-state index in [-0.39, 0.29) is 23.5 Å². The van der Waals surface area contributed by atoms with E-state index in [0.717, 1.165) is 6.42 Å². The van der Waals surface area contributed by atoms with Gasteiger partial charge in [0.15, 0.2) is 5.75 Å². The maximum Gasteiger partial charge on any atom is 0.255 e. The van der Waals surface area contributed by atoms with Crippen molar-refractivity contribution in [1.29, 1.82) is 0 Å². The van der Waals surface area contributed by atoms with Gasteiger partial charge in [-0.2, -0.15) is 0 Å². The molecule has 0 aliphatic rings. The number of rotatable bonds is 5. The lowest BCUT2D eigenvalue weighted by Gasteiger charge is -2.11. The number of nitrogens with two attached hydrogens (primary N) is 1. The highest BCUT2D eigenvalue weighted by Gasteiger charge is 2.13. The van der Waals surface area contributed by atoms with Crippen LogP contribution in [0.25, 0.3) is 0 Å². The second-order valence-electron chi connectivity index (χ2n) is 3.90. The third-order valence-electron chi connectivity index (χ3n) is 2.43. The Labute approximate surface area is 100 Å². The lowest BCUT2D eigenvalue weighted by Crippen LogP contribution is -2.32. The molecule has 0 heterocycles. The summed E-state index contributed by atoms with van der Waals surface area (Å²) >= 11 is 0. The summed E-state index contributed by atoms with van der Waals surface area (Å²) in [6, 6.07) is 4.58. The molecule has 0 radical (unpaired) electrons. The molecule has 1 aromatic carbocycles. The first-order valence-corrected chi connectivity index (χ1v) is 5.60. The van der Waals surface area contributed by atoms with Gasteiger partial charge in [0.2, 0.25) is 0 Å². The van der Waals surface area contributed by atoms with Gasteiger partial charge in [-0.3, -0.25) is 4.79 Å². The fourth-order valence-electron chi connectivity index (χ4n) is 1.49. The van der Waals surface area contributed by atoms with Crippen molar-refractivity contribution < 1.29 is 15.0 Å². The van der Waals surface area contributed by atoms with Crippen molar-refractivity contribution in [2.24, 2.45) is 0 Å². The fraction of sp³-hybridized carbons (Fsp3) is 0.417. The van der Waals surface area contributed by atoms with Crippen LogP contribution in [0, 0.1) is 0 Å². The van der Waals surface area contributed by atoms with Crippen LogP contribution in [-0.2, 0) is 0 Å². The van der Waals surface area contributed by atoms with E-state index in [1.807, 2.05) is 6.92 Å². The standard InChI is InChI=1S/C12H18N2O3/c1-2-4-8(15)7-14-12(17)9-5-3-6-10(13)11(9)16/h3,5-6,8,15-16H,2,4,7,13H2,1H3,(H,14,17). The number of phenolic OH excluding ortho intramolecular Hbond substituents is 1. The number of hydrogen-bond donors (Lipinski definition) is 4. The molecule has 94 valence electrons. The van der Waals surface area contributed by atoms with E-state index in [9.17, 15) is 15.0 Å². The fourth-order valence-corrected chi connectivity index (χ4v) is 1.49. The number of amides is 1. The molecule has 1 aromatic rings. The first-order valence-electron chi connectivity index (χ1n) is 5.60. The van der Waals surface area contributed by atoms with Gasteiger partial charge in [-0.15, -0.1) is 0 Å². The molecule has 1 unspecified atom stereocenters. The lowest BCUT2D eigenvalue weighted by molar-refractivity contribution is 0.0907. The zero-order valence-corrected chi connectivity index (χ0v) is 9.81. The molecule has 5 N–H and O–H groups in total. The average molecular weight is 238 g/mol. The summed E-state index contributed by atoms with van der Waals surface area (Å²) in [6.07, 6.45) is 0.913. The van der Waals surface area contributed by atoms with E-state index < -0.39 is 12.0 Å². The number of nitrogens with one attached hydrogen (secondary N) is 1. The Hall–Kier alpha value is -1.75. The Bertz CT molecular complexity index is 393. The second-order valence-corrected chi connectivity index (χ2v) is 3.90. The molecule has 5 heteroatoms. The smallest absolute Gasteiger partial charge is 0.255 e. The number of nitrogen functional groups attached to an aromatic ring is 1. The molecule has 0 saturated heterocycles. The van der Waals surface area contributed by atoms with Crippen molar-refractivity contribution in [3.05, 3.63) is 23.8 Å². The van der Waals surface area contributed by atoms with Crippen LogP contribution < -0.4 is 11.1 Å². The molecular weight excluding hydrogens is 220 g/mol. The minimum absolute atomic E-state index is 0.119. The SMILES string of the molecule is CCCC(O)CNC(=O)c1cccc(N)c1O. The molecule has 0 spiro atoms. The highest BCUT2D eigenvalue weighted by Crippen LogP contribution is 2.23. The largest absolute Gasteiger partial charge is 0.505 e. The Kier molecular flexibility index (Phi) is 4.78. The van der Waals surface area contributed by atoms with Crippen LogP contribution in [0.1, 0.15) is 30.1 Å². The van der Waals surface area contributed by atoms with E-state index in [0.29, 0.717) is 6.42 Å². The van der Waals surface area contributed by atoms with Crippen LogP contribution in [0.4, 0.5) is 5.69 Å². The minimum atomic E-state index is -0.563. The monoisotopic (exact) mass is 238 g/mol. The summed E-state index contributed by atoms with van der Waals surface area (Å²) in [4.78, 5) is 11.7. The number of benzene rings is 1. The van der Waals surface area contributed by atoms with Crippen LogP contribution in [0.2, 0.25) is 0 Å². The van der Waals surface area contributed by atoms with Gasteiger partial charge >= 0.3 is 0 Å². The van der Waals surface area contributed by atoms with Gasteiger partial charge in [-0.1, -0.05) is 19.4 Å². The minimum Gasteiger partial charge on any atom is -0.505 e. The van der Waals surface area contributed by atoms with Crippen LogP contribution in [0.5, 0.6) is 5.75 Å². The maximum absolute atomic E-state index is 11.7. The topological polar surface area (TPSA) is 95.6 Å². The Morgan fingerprint density at radius 3 is 2.88 bits per heavy atom. The number of aliphatic hydroxyl groups excluding tert-OH is 1. The van der Waals surface area contributed by atoms with Crippen LogP contribution in [0.3, 0.4) is 0 Å². The summed E-state index contributed by atoms with van der Waals surface area (Å²) in [5.41, 5.74) is 5.76. The molecular formula is C12H18N2O3. The number of aliphatic hydroxyl groups is 1. The third-order valence-corrected chi connectivity index (χ3v) is 2.43. The van der Waals surface area contributed by atoms with Crippen molar-refractivity contribution >= 4 is 11.6 Å².